The first-order valence-corrected chi connectivity index (χ1v) is 7.02. The van der Waals surface area contributed by atoms with E-state index in [4.69, 9.17) is 16.9 Å². The van der Waals surface area contributed by atoms with E-state index in [2.05, 4.69) is 23.5 Å². The normalized spacial score (nSPS) is 14.3. The smallest absolute Gasteiger partial charge is 0.162 e. The van der Waals surface area contributed by atoms with E-state index in [0.29, 0.717) is 29.4 Å². The van der Waals surface area contributed by atoms with Gasteiger partial charge in [0.1, 0.15) is 16.6 Å². The van der Waals surface area contributed by atoms with Gasteiger partial charge in [-0.2, -0.15) is 9.64 Å². The zero-order valence-corrected chi connectivity index (χ0v) is 12.4. The minimum Gasteiger partial charge on any atom is -0.388 e. The number of halogens is 1. The fourth-order valence-corrected chi connectivity index (χ4v) is 2.38. The van der Waals surface area contributed by atoms with Crippen LogP contribution in [0.25, 0.3) is 0 Å². The van der Waals surface area contributed by atoms with E-state index in [1.165, 1.54) is 0 Å². The average Bonchev–Trinajstić information content (AvgIpc) is 2.65. The largest absolute Gasteiger partial charge is 0.388 e. The van der Waals surface area contributed by atoms with Gasteiger partial charge in [0.2, 0.25) is 0 Å². The standard InChI is InChI=1S/C12H18ClN3OS/c1-8(2)4-5-12(3,17)7-15-11-9(6-14)10(13)16-18-11/h8,15,17H,4-5,7H2,1-3H3. The van der Waals surface area contributed by atoms with Gasteiger partial charge in [0.15, 0.2) is 5.15 Å². The van der Waals surface area contributed by atoms with Crippen LogP contribution < -0.4 is 5.32 Å². The molecule has 0 aliphatic carbocycles. The van der Waals surface area contributed by atoms with Gasteiger partial charge in [0, 0.05) is 6.54 Å². The van der Waals surface area contributed by atoms with Crippen molar-refractivity contribution in [2.75, 3.05) is 11.9 Å². The van der Waals surface area contributed by atoms with Crippen molar-refractivity contribution in [3.63, 3.8) is 0 Å². The van der Waals surface area contributed by atoms with E-state index >= 15 is 0 Å². The van der Waals surface area contributed by atoms with E-state index in [1.807, 2.05) is 6.07 Å². The van der Waals surface area contributed by atoms with E-state index in [-0.39, 0.29) is 5.15 Å². The van der Waals surface area contributed by atoms with E-state index < -0.39 is 5.60 Å². The highest BCUT2D eigenvalue weighted by Gasteiger charge is 2.22. The number of anilines is 1. The lowest BCUT2D eigenvalue weighted by Gasteiger charge is -2.24. The Hall–Kier alpha value is -0.830. The van der Waals surface area contributed by atoms with Crippen LogP contribution in [0.1, 0.15) is 39.2 Å². The average molecular weight is 288 g/mol. The van der Waals surface area contributed by atoms with Crippen molar-refractivity contribution in [2.24, 2.45) is 5.92 Å². The van der Waals surface area contributed by atoms with Gasteiger partial charge in [-0.05, 0) is 37.2 Å². The summed E-state index contributed by atoms with van der Waals surface area (Å²) in [6.07, 6.45) is 1.68. The highest BCUT2D eigenvalue weighted by molar-refractivity contribution is 7.10. The number of nitrogens with zero attached hydrogens (tertiary/aromatic N) is 2. The zero-order valence-electron chi connectivity index (χ0n) is 10.8. The van der Waals surface area contributed by atoms with Crippen LogP contribution in [0.5, 0.6) is 0 Å². The topological polar surface area (TPSA) is 68.9 Å². The van der Waals surface area contributed by atoms with Gasteiger partial charge in [0.25, 0.3) is 0 Å². The molecule has 1 aromatic rings. The number of hydrogen-bond donors (Lipinski definition) is 2. The highest BCUT2D eigenvalue weighted by atomic mass is 35.5. The van der Waals surface area contributed by atoms with Crippen LogP contribution >= 0.6 is 23.1 Å². The van der Waals surface area contributed by atoms with Crippen molar-refractivity contribution in [3.05, 3.63) is 10.7 Å². The van der Waals surface area contributed by atoms with Crippen LogP contribution in [0.3, 0.4) is 0 Å². The fraction of sp³-hybridized carbons (Fsp3) is 0.667. The summed E-state index contributed by atoms with van der Waals surface area (Å²) in [5, 5.41) is 23.0. The second-order valence-electron chi connectivity index (χ2n) is 5.07. The Bertz CT molecular complexity index is 437. The quantitative estimate of drug-likeness (QED) is 0.842. The molecule has 0 saturated heterocycles. The fourth-order valence-electron chi connectivity index (χ4n) is 1.45. The van der Waals surface area contributed by atoms with Crippen molar-refractivity contribution in [1.29, 1.82) is 5.26 Å². The number of hydrogen-bond acceptors (Lipinski definition) is 5. The maximum Gasteiger partial charge on any atom is 0.162 e. The Kier molecular flexibility index (Phi) is 5.39. The monoisotopic (exact) mass is 287 g/mol. The first-order valence-electron chi connectivity index (χ1n) is 5.87. The van der Waals surface area contributed by atoms with Gasteiger partial charge in [0.05, 0.1) is 5.60 Å². The van der Waals surface area contributed by atoms with E-state index in [1.54, 1.807) is 6.92 Å². The molecule has 0 fully saturated rings. The summed E-state index contributed by atoms with van der Waals surface area (Å²) < 4.78 is 3.90. The summed E-state index contributed by atoms with van der Waals surface area (Å²) in [7, 11) is 0. The summed E-state index contributed by atoms with van der Waals surface area (Å²) >= 11 is 6.91. The summed E-state index contributed by atoms with van der Waals surface area (Å²) in [6, 6.07) is 2.00. The second-order valence-corrected chi connectivity index (χ2v) is 6.20. The van der Waals surface area contributed by atoms with Crippen molar-refractivity contribution >= 4 is 28.1 Å². The summed E-state index contributed by atoms with van der Waals surface area (Å²) in [5.41, 5.74) is -0.450. The highest BCUT2D eigenvalue weighted by Crippen LogP contribution is 2.28. The Morgan fingerprint density at radius 3 is 2.83 bits per heavy atom. The zero-order chi connectivity index (χ0) is 13.8. The van der Waals surface area contributed by atoms with Crippen LogP contribution in [0.2, 0.25) is 5.15 Å². The predicted octanol–water partition coefficient (Wildman–Crippen LogP) is 3.27. The van der Waals surface area contributed by atoms with Crippen molar-refractivity contribution in [2.45, 2.75) is 39.2 Å². The molecule has 1 atom stereocenters. The molecular formula is C12H18ClN3OS. The van der Waals surface area contributed by atoms with Gasteiger partial charge in [-0.25, -0.2) is 0 Å². The predicted molar refractivity (Wildman–Crippen MR) is 75.0 cm³/mol. The molecule has 0 radical (unpaired) electrons. The number of aromatic nitrogens is 1. The van der Waals surface area contributed by atoms with Crippen LogP contribution in [-0.4, -0.2) is 21.6 Å². The van der Waals surface area contributed by atoms with Crippen LogP contribution in [0.4, 0.5) is 5.00 Å². The third kappa shape index (κ3) is 4.45. The lowest BCUT2D eigenvalue weighted by molar-refractivity contribution is 0.0587. The van der Waals surface area contributed by atoms with Crippen LogP contribution in [0, 0.1) is 17.2 Å². The minimum atomic E-state index is -0.798. The molecule has 1 rings (SSSR count). The third-order valence-corrected chi connectivity index (χ3v) is 3.83. The number of nitrogens with one attached hydrogen (secondary N) is 1. The molecule has 0 aliphatic rings. The Balaban J connectivity index is 2.56. The number of aliphatic hydroxyl groups is 1. The molecule has 0 saturated carbocycles. The molecule has 4 nitrogen and oxygen atoms in total. The van der Waals surface area contributed by atoms with Gasteiger partial charge in [-0.1, -0.05) is 25.4 Å². The maximum atomic E-state index is 10.2. The Morgan fingerprint density at radius 2 is 2.28 bits per heavy atom. The van der Waals surface area contributed by atoms with Gasteiger partial charge < -0.3 is 10.4 Å². The Morgan fingerprint density at radius 1 is 1.61 bits per heavy atom. The molecule has 100 valence electrons. The molecular weight excluding hydrogens is 270 g/mol. The van der Waals surface area contributed by atoms with Gasteiger partial charge in [-0.3, -0.25) is 0 Å². The lowest BCUT2D eigenvalue weighted by Crippen LogP contribution is -2.33. The molecule has 2 N–H and O–H groups in total. The summed E-state index contributed by atoms with van der Waals surface area (Å²) in [5.74, 6) is 0.559. The maximum absolute atomic E-state index is 10.2. The first-order chi connectivity index (χ1) is 8.35. The van der Waals surface area contributed by atoms with Crippen molar-refractivity contribution in [3.8, 4) is 6.07 Å². The molecule has 0 amide bonds. The van der Waals surface area contributed by atoms with E-state index in [0.717, 1.165) is 18.0 Å². The molecule has 18 heavy (non-hydrogen) atoms. The van der Waals surface area contributed by atoms with Crippen molar-refractivity contribution < 1.29 is 5.11 Å². The molecule has 6 heteroatoms. The molecule has 0 aromatic carbocycles. The summed E-state index contributed by atoms with van der Waals surface area (Å²) in [4.78, 5) is 0. The number of nitriles is 1. The number of rotatable bonds is 6. The second kappa shape index (κ2) is 6.37. The molecule has 1 heterocycles. The van der Waals surface area contributed by atoms with Crippen LogP contribution in [0.15, 0.2) is 0 Å². The van der Waals surface area contributed by atoms with Crippen LogP contribution in [-0.2, 0) is 0 Å². The lowest BCUT2D eigenvalue weighted by atomic mass is 9.95. The molecule has 0 spiro atoms. The molecule has 1 aromatic heterocycles. The molecule has 0 aliphatic heterocycles. The third-order valence-electron chi connectivity index (χ3n) is 2.65. The van der Waals surface area contributed by atoms with E-state index in [9.17, 15) is 5.11 Å². The Labute approximate surface area is 117 Å². The van der Waals surface area contributed by atoms with Crippen molar-refractivity contribution in [1.82, 2.24) is 4.37 Å². The molecule has 0 bridgehead atoms. The molecule has 1 unspecified atom stereocenters. The minimum absolute atomic E-state index is 0.215. The van der Waals surface area contributed by atoms with Gasteiger partial charge >= 0.3 is 0 Å². The SMILES string of the molecule is CC(C)CCC(C)(O)CNc1snc(Cl)c1C#N. The summed E-state index contributed by atoms with van der Waals surface area (Å²) in [6.45, 7) is 6.42. The first kappa shape index (κ1) is 15.2. The van der Waals surface area contributed by atoms with Gasteiger partial charge in [-0.15, -0.1) is 0 Å².